The summed E-state index contributed by atoms with van der Waals surface area (Å²) in [6, 6.07) is 3.69. The van der Waals surface area contributed by atoms with E-state index in [2.05, 4.69) is 10.1 Å². The summed E-state index contributed by atoms with van der Waals surface area (Å²) >= 11 is 0. The Kier molecular flexibility index (Phi) is 5.11. The minimum Gasteiger partial charge on any atom is -0.466 e. The van der Waals surface area contributed by atoms with Gasteiger partial charge in [0.2, 0.25) is 5.91 Å². The third-order valence-corrected chi connectivity index (χ3v) is 5.66. The molecule has 3 aromatic rings. The van der Waals surface area contributed by atoms with Gasteiger partial charge in [0.1, 0.15) is 11.5 Å². The summed E-state index contributed by atoms with van der Waals surface area (Å²) in [4.78, 5) is 34.3. The lowest BCUT2D eigenvalue weighted by molar-refractivity contribution is -0.140. The first kappa shape index (κ1) is 21.1. The molecule has 0 atom stereocenters. The van der Waals surface area contributed by atoms with Gasteiger partial charge in [0.15, 0.2) is 0 Å². The van der Waals surface area contributed by atoms with E-state index in [1.165, 1.54) is 0 Å². The van der Waals surface area contributed by atoms with Crippen LogP contribution >= 0.6 is 0 Å². The van der Waals surface area contributed by atoms with Crippen molar-refractivity contribution in [3.8, 4) is 11.3 Å². The molecule has 0 spiro atoms. The molecule has 1 aliphatic heterocycles. The SMILES string of the molecule is Cc1cc(-c2cc(C(=O)N3CCN(C(=O)C(C)(C)C)CC3)c3c(C)noc3n2)c(C)o1. The van der Waals surface area contributed by atoms with E-state index < -0.39 is 5.41 Å². The Morgan fingerprint density at radius 1 is 1.00 bits per heavy atom. The number of furan rings is 1. The van der Waals surface area contributed by atoms with Crippen LogP contribution in [-0.4, -0.2) is 57.9 Å². The molecule has 3 aromatic heterocycles. The summed E-state index contributed by atoms with van der Waals surface area (Å²) in [5.74, 6) is 1.50. The molecule has 4 rings (SSSR count). The molecule has 31 heavy (non-hydrogen) atoms. The summed E-state index contributed by atoms with van der Waals surface area (Å²) in [6.45, 7) is 13.3. The van der Waals surface area contributed by atoms with Crippen LogP contribution in [-0.2, 0) is 4.79 Å². The van der Waals surface area contributed by atoms with E-state index in [-0.39, 0.29) is 11.8 Å². The average Bonchev–Trinajstić information content (AvgIpc) is 3.27. The van der Waals surface area contributed by atoms with Crippen molar-refractivity contribution in [3.05, 3.63) is 34.9 Å². The average molecular weight is 425 g/mol. The van der Waals surface area contributed by atoms with Gasteiger partial charge in [-0.05, 0) is 32.9 Å². The fourth-order valence-corrected chi connectivity index (χ4v) is 4.04. The second-order valence-corrected chi connectivity index (χ2v) is 9.16. The second-order valence-electron chi connectivity index (χ2n) is 9.16. The van der Waals surface area contributed by atoms with Gasteiger partial charge in [-0.3, -0.25) is 9.59 Å². The van der Waals surface area contributed by atoms with Gasteiger partial charge in [-0.2, -0.15) is 0 Å². The third kappa shape index (κ3) is 3.82. The van der Waals surface area contributed by atoms with Crippen molar-refractivity contribution in [2.24, 2.45) is 5.41 Å². The topological polar surface area (TPSA) is 92.7 Å². The molecule has 8 nitrogen and oxygen atoms in total. The van der Waals surface area contributed by atoms with E-state index in [1.54, 1.807) is 17.9 Å². The fourth-order valence-electron chi connectivity index (χ4n) is 4.04. The normalized spacial score (nSPS) is 15.0. The minimum absolute atomic E-state index is 0.105. The number of hydrogen-bond donors (Lipinski definition) is 0. The Bertz CT molecular complexity index is 1160. The van der Waals surface area contributed by atoms with Gasteiger partial charge in [0.25, 0.3) is 11.6 Å². The summed E-state index contributed by atoms with van der Waals surface area (Å²) in [6.07, 6.45) is 0. The number of aromatic nitrogens is 2. The predicted octanol–water partition coefficient (Wildman–Crippen LogP) is 3.74. The number of carbonyl (C=O) groups is 2. The Morgan fingerprint density at radius 3 is 2.23 bits per heavy atom. The maximum Gasteiger partial charge on any atom is 0.259 e. The predicted molar refractivity (Wildman–Crippen MR) is 116 cm³/mol. The van der Waals surface area contributed by atoms with E-state index in [0.29, 0.717) is 54.2 Å². The molecule has 8 heteroatoms. The number of nitrogens with zero attached hydrogens (tertiary/aromatic N) is 4. The van der Waals surface area contributed by atoms with Crippen LogP contribution < -0.4 is 0 Å². The Balaban J connectivity index is 1.66. The fraction of sp³-hybridized carbons (Fsp3) is 0.478. The van der Waals surface area contributed by atoms with Crippen LogP contribution in [0.1, 0.15) is 48.3 Å². The van der Waals surface area contributed by atoms with Gasteiger partial charge in [-0.15, -0.1) is 0 Å². The summed E-state index contributed by atoms with van der Waals surface area (Å²) in [7, 11) is 0. The molecule has 0 radical (unpaired) electrons. The molecular formula is C23H28N4O4. The monoisotopic (exact) mass is 424 g/mol. The zero-order chi connectivity index (χ0) is 22.5. The van der Waals surface area contributed by atoms with Gasteiger partial charge < -0.3 is 18.7 Å². The van der Waals surface area contributed by atoms with Gasteiger partial charge in [-0.25, -0.2) is 4.98 Å². The highest BCUT2D eigenvalue weighted by atomic mass is 16.5. The van der Waals surface area contributed by atoms with Crippen LogP contribution in [0.15, 0.2) is 21.1 Å². The maximum atomic E-state index is 13.5. The molecule has 164 valence electrons. The van der Waals surface area contributed by atoms with Crippen molar-refractivity contribution in [2.75, 3.05) is 26.2 Å². The van der Waals surface area contributed by atoms with Gasteiger partial charge >= 0.3 is 0 Å². The molecule has 0 N–H and O–H groups in total. The van der Waals surface area contributed by atoms with E-state index in [0.717, 1.165) is 17.1 Å². The highest BCUT2D eigenvalue weighted by Crippen LogP contribution is 2.31. The van der Waals surface area contributed by atoms with Crippen molar-refractivity contribution in [3.63, 3.8) is 0 Å². The van der Waals surface area contributed by atoms with Crippen molar-refractivity contribution < 1.29 is 18.5 Å². The summed E-state index contributed by atoms with van der Waals surface area (Å²) in [5.41, 5.74) is 2.47. The Labute approximate surface area is 181 Å². The molecule has 0 unspecified atom stereocenters. The van der Waals surface area contributed by atoms with Crippen molar-refractivity contribution >= 4 is 22.9 Å². The maximum absolute atomic E-state index is 13.5. The molecule has 0 aliphatic carbocycles. The van der Waals surface area contributed by atoms with Crippen LogP contribution in [0.4, 0.5) is 0 Å². The molecule has 2 amide bonds. The number of amides is 2. The highest BCUT2D eigenvalue weighted by Gasteiger charge is 2.32. The smallest absolute Gasteiger partial charge is 0.259 e. The van der Waals surface area contributed by atoms with E-state index in [9.17, 15) is 9.59 Å². The highest BCUT2D eigenvalue weighted by molar-refractivity contribution is 6.07. The molecule has 1 fully saturated rings. The molecule has 0 aromatic carbocycles. The number of piperazine rings is 1. The van der Waals surface area contributed by atoms with Crippen LogP contribution in [0.5, 0.6) is 0 Å². The van der Waals surface area contributed by atoms with Gasteiger partial charge in [-0.1, -0.05) is 25.9 Å². The molecular weight excluding hydrogens is 396 g/mol. The first-order valence-electron chi connectivity index (χ1n) is 10.5. The van der Waals surface area contributed by atoms with Gasteiger partial charge in [0, 0.05) is 37.2 Å². The van der Waals surface area contributed by atoms with Crippen molar-refractivity contribution in [2.45, 2.75) is 41.5 Å². The molecule has 0 bridgehead atoms. The molecule has 1 aliphatic rings. The minimum atomic E-state index is -0.432. The largest absolute Gasteiger partial charge is 0.466 e. The van der Waals surface area contributed by atoms with Crippen LogP contribution in [0, 0.1) is 26.2 Å². The quantitative estimate of drug-likeness (QED) is 0.622. The summed E-state index contributed by atoms with van der Waals surface area (Å²) in [5, 5.41) is 4.65. The Morgan fingerprint density at radius 2 is 1.65 bits per heavy atom. The van der Waals surface area contributed by atoms with Crippen LogP contribution in [0.3, 0.4) is 0 Å². The van der Waals surface area contributed by atoms with Crippen molar-refractivity contribution in [1.82, 2.24) is 19.9 Å². The van der Waals surface area contributed by atoms with E-state index in [4.69, 9.17) is 8.94 Å². The van der Waals surface area contributed by atoms with Crippen LogP contribution in [0.2, 0.25) is 0 Å². The van der Waals surface area contributed by atoms with E-state index in [1.807, 2.05) is 45.6 Å². The second kappa shape index (κ2) is 7.51. The Hall–Kier alpha value is -3.16. The number of rotatable bonds is 2. The number of pyridine rings is 1. The van der Waals surface area contributed by atoms with Crippen LogP contribution in [0.25, 0.3) is 22.4 Å². The number of fused-ring (bicyclic) bond motifs is 1. The first-order chi connectivity index (χ1) is 14.6. The molecule has 4 heterocycles. The lowest BCUT2D eigenvalue weighted by Gasteiger charge is -2.37. The standard InChI is InChI=1S/C23H28N4O4/c1-13-11-16(15(3)30-13)18-12-17(19-14(2)25-31-20(19)24-18)21(28)26-7-9-27(10-8-26)22(29)23(4,5)6/h11-12H,7-10H2,1-6H3. The number of carbonyl (C=O) groups excluding carboxylic acids is 2. The number of hydrogen-bond acceptors (Lipinski definition) is 6. The van der Waals surface area contributed by atoms with E-state index >= 15 is 0 Å². The third-order valence-electron chi connectivity index (χ3n) is 5.66. The molecule has 0 saturated carbocycles. The number of aryl methyl sites for hydroxylation is 3. The van der Waals surface area contributed by atoms with Crippen molar-refractivity contribution in [1.29, 1.82) is 0 Å². The lowest BCUT2D eigenvalue weighted by Crippen LogP contribution is -2.53. The molecule has 1 saturated heterocycles. The zero-order valence-corrected chi connectivity index (χ0v) is 18.9. The first-order valence-corrected chi connectivity index (χ1v) is 10.5. The summed E-state index contributed by atoms with van der Waals surface area (Å²) < 4.78 is 11.1. The van der Waals surface area contributed by atoms with Gasteiger partial charge in [0.05, 0.1) is 22.3 Å². The zero-order valence-electron chi connectivity index (χ0n) is 18.9. The lowest BCUT2D eigenvalue weighted by atomic mass is 9.94.